The zero-order valence-corrected chi connectivity index (χ0v) is 28.0. The fourth-order valence-electron chi connectivity index (χ4n) is 4.85. The molecule has 1 unspecified atom stereocenters. The van der Waals surface area contributed by atoms with Gasteiger partial charge in [-0.25, -0.2) is 0 Å². The van der Waals surface area contributed by atoms with Crippen LogP contribution in [0.5, 0.6) is 17.2 Å². The summed E-state index contributed by atoms with van der Waals surface area (Å²) in [6.45, 7) is 0. The highest BCUT2D eigenvalue weighted by Crippen LogP contribution is 2.37. The van der Waals surface area contributed by atoms with Gasteiger partial charge in [-0.05, 0) is 78.4 Å². The van der Waals surface area contributed by atoms with Crippen LogP contribution in [0.1, 0.15) is 26.7 Å². The first-order valence-electron chi connectivity index (χ1n) is 15.3. The van der Waals surface area contributed by atoms with Gasteiger partial charge in [0, 0.05) is 21.7 Å². The number of nitrogens with one attached hydrogen (secondary N) is 3. The molecule has 3 N–H and O–H groups in total. The number of methoxy groups -OCH3 is 3. The molecular weight excluding hydrogens is 639 g/mol. The van der Waals surface area contributed by atoms with Gasteiger partial charge in [0.25, 0.3) is 11.8 Å². The minimum atomic E-state index is -0.577. The van der Waals surface area contributed by atoms with Crippen LogP contribution >= 0.6 is 11.8 Å². The molecule has 5 aromatic carbocycles. The molecule has 0 aliphatic carbocycles. The lowest BCUT2D eigenvalue weighted by Gasteiger charge is -2.18. The second-order valence-corrected chi connectivity index (χ2v) is 11.7. The minimum absolute atomic E-state index is 0.00369. The van der Waals surface area contributed by atoms with Gasteiger partial charge in [0.05, 0.1) is 27.0 Å². The van der Waals surface area contributed by atoms with E-state index in [0.717, 1.165) is 10.5 Å². The first-order chi connectivity index (χ1) is 23.9. The van der Waals surface area contributed by atoms with Gasteiger partial charge in [0.2, 0.25) is 5.91 Å². The lowest BCUT2D eigenvalue weighted by molar-refractivity contribution is -0.116. The van der Waals surface area contributed by atoms with Crippen molar-refractivity contribution in [1.82, 2.24) is 5.32 Å². The molecule has 0 aliphatic rings. The zero-order chi connectivity index (χ0) is 34.6. The molecule has 0 bridgehead atoms. The average Bonchev–Trinajstić information content (AvgIpc) is 3.15. The number of carbonyl (C=O) groups excluding carboxylic acids is 3. The quantitative estimate of drug-likeness (QED) is 0.0872. The maximum absolute atomic E-state index is 13.7. The predicted molar refractivity (Wildman–Crippen MR) is 193 cm³/mol. The number of ether oxygens (including phenoxy) is 3. The van der Waals surface area contributed by atoms with Crippen LogP contribution in [0.25, 0.3) is 6.08 Å². The summed E-state index contributed by atoms with van der Waals surface area (Å²) in [6.07, 6.45) is 1.53. The van der Waals surface area contributed by atoms with E-state index in [1.54, 1.807) is 79.9 Å². The van der Waals surface area contributed by atoms with Gasteiger partial charge in [-0.15, -0.1) is 11.8 Å². The first-order valence-corrected chi connectivity index (χ1v) is 16.1. The SMILES string of the molecule is COc1ccc(OC)c(/C=C(\NC(=O)c2ccccc2)C(=O)Nc2ccc(SC(C(=O)Nc3ccccc3OC)c3ccccc3)cc2)c1. The van der Waals surface area contributed by atoms with Crippen molar-refractivity contribution in [2.75, 3.05) is 32.0 Å². The number of carbonyl (C=O) groups is 3. The third-order valence-corrected chi connectivity index (χ3v) is 8.60. The van der Waals surface area contributed by atoms with Crippen molar-refractivity contribution in [1.29, 1.82) is 0 Å². The summed E-state index contributed by atoms with van der Waals surface area (Å²) in [5, 5.41) is 8.03. The van der Waals surface area contributed by atoms with Gasteiger partial charge in [0.1, 0.15) is 28.2 Å². The molecule has 0 radical (unpaired) electrons. The molecule has 10 heteroatoms. The van der Waals surface area contributed by atoms with Gasteiger partial charge in [-0.2, -0.15) is 0 Å². The van der Waals surface area contributed by atoms with E-state index in [9.17, 15) is 14.4 Å². The number of hydrogen-bond acceptors (Lipinski definition) is 7. The molecular formula is C39H35N3O6S. The summed E-state index contributed by atoms with van der Waals surface area (Å²) in [5.41, 5.74) is 2.81. The third kappa shape index (κ3) is 9.09. The number of para-hydroxylation sites is 2. The summed E-state index contributed by atoms with van der Waals surface area (Å²) >= 11 is 1.37. The van der Waals surface area contributed by atoms with E-state index >= 15 is 0 Å². The van der Waals surface area contributed by atoms with E-state index in [-0.39, 0.29) is 11.6 Å². The molecule has 248 valence electrons. The first kappa shape index (κ1) is 34.3. The Morgan fingerprint density at radius 1 is 0.673 bits per heavy atom. The largest absolute Gasteiger partial charge is 0.497 e. The fourth-order valence-corrected chi connectivity index (χ4v) is 5.87. The highest BCUT2D eigenvalue weighted by molar-refractivity contribution is 8.00. The number of amides is 3. The smallest absolute Gasteiger partial charge is 0.272 e. The van der Waals surface area contributed by atoms with E-state index in [4.69, 9.17) is 14.2 Å². The van der Waals surface area contributed by atoms with Gasteiger partial charge < -0.3 is 30.2 Å². The van der Waals surface area contributed by atoms with Crippen molar-refractivity contribution in [3.63, 3.8) is 0 Å². The highest BCUT2D eigenvalue weighted by Gasteiger charge is 2.23. The molecule has 5 aromatic rings. The van der Waals surface area contributed by atoms with Crippen LogP contribution in [0.4, 0.5) is 11.4 Å². The summed E-state index contributed by atoms with van der Waals surface area (Å²) < 4.78 is 16.3. The van der Waals surface area contributed by atoms with Gasteiger partial charge in [-0.1, -0.05) is 60.7 Å². The van der Waals surface area contributed by atoms with E-state index < -0.39 is 17.1 Å². The molecule has 9 nitrogen and oxygen atoms in total. The molecule has 0 spiro atoms. The fraction of sp³-hybridized carbons (Fsp3) is 0.103. The Morgan fingerprint density at radius 3 is 2.00 bits per heavy atom. The Labute approximate surface area is 289 Å². The summed E-state index contributed by atoms with van der Waals surface area (Å²) in [6, 6.07) is 37.6. The molecule has 0 fully saturated rings. The van der Waals surface area contributed by atoms with Crippen molar-refractivity contribution in [2.24, 2.45) is 0 Å². The maximum Gasteiger partial charge on any atom is 0.272 e. The number of benzene rings is 5. The van der Waals surface area contributed by atoms with Crippen LogP contribution in [0.15, 0.2) is 138 Å². The van der Waals surface area contributed by atoms with E-state index in [0.29, 0.717) is 39.8 Å². The third-order valence-electron chi connectivity index (χ3n) is 7.34. The molecule has 49 heavy (non-hydrogen) atoms. The monoisotopic (exact) mass is 673 g/mol. The second kappa shape index (κ2) is 16.7. The summed E-state index contributed by atoms with van der Waals surface area (Å²) in [7, 11) is 4.61. The van der Waals surface area contributed by atoms with Crippen LogP contribution in [0.2, 0.25) is 0 Å². The molecule has 0 saturated heterocycles. The van der Waals surface area contributed by atoms with Gasteiger partial charge >= 0.3 is 0 Å². The molecule has 3 amide bonds. The number of anilines is 2. The lowest BCUT2D eigenvalue weighted by atomic mass is 10.1. The summed E-state index contributed by atoms with van der Waals surface area (Å²) in [5.74, 6) is 0.395. The lowest BCUT2D eigenvalue weighted by Crippen LogP contribution is -2.30. The van der Waals surface area contributed by atoms with Crippen LogP contribution < -0.4 is 30.2 Å². The van der Waals surface area contributed by atoms with Crippen LogP contribution in [0.3, 0.4) is 0 Å². The Bertz CT molecular complexity index is 1930. The van der Waals surface area contributed by atoms with Crippen molar-refractivity contribution in [3.8, 4) is 17.2 Å². The predicted octanol–water partition coefficient (Wildman–Crippen LogP) is 7.59. The molecule has 1 atom stereocenters. The molecule has 0 aliphatic heterocycles. The van der Waals surface area contributed by atoms with Crippen molar-refractivity contribution in [3.05, 3.63) is 150 Å². The van der Waals surface area contributed by atoms with Crippen molar-refractivity contribution < 1.29 is 28.6 Å². The van der Waals surface area contributed by atoms with Crippen molar-refractivity contribution >= 4 is 46.9 Å². The summed E-state index contributed by atoms with van der Waals surface area (Å²) in [4.78, 5) is 41.2. The Kier molecular flexibility index (Phi) is 11.7. The second-order valence-electron chi connectivity index (χ2n) is 10.6. The average molecular weight is 674 g/mol. The van der Waals surface area contributed by atoms with E-state index in [1.165, 1.54) is 32.1 Å². The van der Waals surface area contributed by atoms with E-state index in [2.05, 4.69) is 16.0 Å². The van der Waals surface area contributed by atoms with Crippen LogP contribution in [0, 0.1) is 0 Å². The van der Waals surface area contributed by atoms with Crippen LogP contribution in [-0.2, 0) is 9.59 Å². The molecule has 0 heterocycles. The zero-order valence-electron chi connectivity index (χ0n) is 27.1. The van der Waals surface area contributed by atoms with Crippen molar-refractivity contribution in [2.45, 2.75) is 10.1 Å². The topological polar surface area (TPSA) is 115 Å². The molecule has 0 saturated carbocycles. The van der Waals surface area contributed by atoms with Crippen LogP contribution in [-0.4, -0.2) is 39.1 Å². The number of hydrogen-bond donors (Lipinski definition) is 3. The molecule has 0 aromatic heterocycles. The highest BCUT2D eigenvalue weighted by atomic mass is 32.2. The number of rotatable bonds is 13. The van der Waals surface area contributed by atoms with Gasteiger partial charge in [-0.3, -0.25) is 14.4 Å². The Balaban J connectivity index is 1.37. The number of thioether (sulfide) groups is 1. The standard InChI is InChI=1S/C39H35N3O6S/c1-46-30-20-23-34(47-2)28(24-30)25-33(42-37(43)27-14-8-5-9-15-27)38(44)40-29-18-21-31(22-19-29)49-36(26-12-6-4-7-13-26)39(45)41-32-16-10-11-17-35(32)48-3/h4-25,36H,1-3H3,(H,40,44)(H,41,45)(H,42,43)/b33-25-. The Morgan fingerprint density at radius 2 is 1.33 bits per heavy atom. The molecule has 5 rings (SSSR count). The van der Waals surface area contributed by atoms with E-state index in [1.807, 2.05) is 54.6 Å². The minimum Gasteiger partial charge on any atom is -0.497 e. The Hall–Kier alpha value is -6.00. The normalized spacial score (nSPS) is 11.5. The van der Waals surface area contributed by atoms with Gasteiger partial charge in [0.15, 0.2) is 0 Å². The maximum atomic E-state index is 13.7.